The molecule has 0 aromatic heterocycles. The molecule has 1 fully saturated rings. The Morgan fingerprint density at radius 1 is 1.09 bits per heavy atom. The van der Waals surface area contributed by atoms with Crippen LogP contribution in [0.4, 0.5) is 4.79 Å². The molecular weight excluding hydrogens is 300 g/mol. The summed E-state index contributed by atoms with van der Waals surface area (Å²) in [5.41, 5.74) is -0.635. The third kappa shape index (κ3) is 7.85. The van der Waals surface area contributed by atoms with Crippen molar-refractivity contribution in [1.82, 2.24) is 10.2 Å². The highest BCUT2D eigenvalue weighted by Gasteiger charge is 2.25. The van der Waals surface area contributed by atoms with E-state index in [0.717, 1.165) is 25.7 Å². The van der Waals surface area contributed by atoms with Crippen molar-refractivity contribution >= 4 is 18.0 Å². The standard InChI is InChI=1S/C16H28N2O5/c1-12(14(20)18-9-7-5-6-8-10-18)22-13(19)11-17-15(21)23-16(2,3)4/h12H,5-11H2,1-4H3,(H,17,21)/t12-/m0/s1. The summed E-state index contributed by atoms with van der Waals surface area (Å²) in [6.45, 7) is 7.82. The topological polar surface area (TPSA) is 84.9 Å². The van der Waals surface area contributed by atoms with Gasteiger partial charge in [-0.25, -0.2) is 4.79 Å². The summed E-state index contributed by atoms with van der Waals surface area (Å²) in [6.07, 6.45) is 2.66. The molecule has 1 heterocycles. The minimum atomic E-state index is -0.846. The van der Waals surface area contributed by atoms with Crippen LogP contribution in [0.5, 0.6) is 0 Å². The van der Waals surface area contributed by atoms with Gasteiger partial charge in [0.2, 0.25) is 0 Å². The zero-order valence-electron chi connectivity index (χ0n) is 14.5. The van der Waals surface area contributed by atoms with Crippen LogP contribution in [0.3, 0.4) is 0 Å². The lowest BCUT2D eigenvalue weighted by Gasteiger charge is -2.24. The van der Waals surface area contributed by atoms with Gasteiger partial charge in [-0.2, -0.15) is 0 Å². The van der Waals surface area contributed by atoms with Gasteiger partial charge in [-0.15, -0.1) is 0 Å². The Morgan fingerprint density at radius 2 is 1.65 bits per heavy atom. The Balaban J connectivity index is 2.35. The average molecular weight is 328 g/mol. The Bertz CT molecular complexity index is 423. The molecule has 0 saturated carbocycles. The summed E-state index contributed by atoms with van der Waals surface area (Å²) < 4.78 is 10.1. The van der Waals surface area contributed by atoms with Gasteiger partial charge in [0.1, 0.15) is 12.1 Å². The van der Waals surface area contributed by atoms with E-state index in [-0.39, 0.29) is 12.5 Å². The van der Waals surface area contributed by atoms with Crippen molar-refractivity contribution < 1.29 is 23.9 Å². The molecule has 1 atom stereocenters. The van der Waals surface area contributed by atoms with Crippen LogP contribution in [0, 0.1) is 0 Å². The second-order valence-corrected chi connectivity index (χ2v) is 6.73. The molecule has 0 radical (unpaired) electrons. The first-order chi connectivity index (χ1) is 10.7. The van der Waals surface area contributed by atoms with E-state index in [4.69, 9.17) is 9.47 Å². The molecule has 1 rings (SSSR count). The summed E-state index contributed by atoms with van der Waals surface area (Å²) in [6, 6.07) is 0. The molecule has 1 aliphatic heterocycles. The number of alkyl carbamates (subject to hydrolysis) is 1. The lowest BCUT2D eigenvalue weighted by Crippen LogP contribution is -2.42. The highest BCUT2D eigenvalue weighted by molar-refractivity contribution is 5.85. The maximum absolute atomic E-state index is 12.2. The van der Waals surface area contributed by atoms with Crippen molar-refractivity contribution in [2.75, 3.05) is 19.6 Å². The molecule has 0 aromatic rings. The first-order valence-electron chi connectivity index (χ1n) is 8.14. The molecule has 0 spiro atoms. The Hall–Kier alpha value is -1.79. The number of nitrogens with one attached hydrogen (secondary N) is 1. The SMILES string of the molecule is C[C@H](OC(=O)CNC(=O)OC(C)(C)C)C(=O)N1CCCCCC1. The first kappa shape index (κ1) is 19.3. The van der Waals surface area contributed by atoms with Crippen molar-refractivity contribution in [3.63, 3.8) is 0 Å². The van der Waals surface area contributed by atoms with Gasteiger partial charge in [0.15, 0.2) is 6.10 Å². The molecule has 0 aromatic carbocycles. The lowest BCUT2D eigenvalue weighted by atomic mass is 10.2. The molecule has 0 aliphatic carbocycles. The minimum Gasteiger partial charge on any atom is -0.451 e. The largest absolute Gasteiger partial charge is 0.451 e. The quantitative estimate of drug-likeness (QED) is 0.796. The fraction of sp³-hybridized carbons (Fsp3) is 0.812. The van der Waals surface area contributed by atoms with E-state index in [1.807, 2.05) is 0 Å². The van der Waals surface area contributed by atoms with Crippen LogP contribution in [0.1, 0.15) is 53.4 Å². The predicted molar refractivity (Wildman–Crippen MR) is 84.8 cm³/mol. The van der Waals surface area contributed by atoms with Crippen LogP contribution >= 0.6 is 0 Å². The number of hydrogen-bond donors (Lipinski definition) is 1. The van der Waals surface area contributed by atoms with E-state index in [1.165, 1.54) is 0 Å². The number of nitrogens with zero attached hydrogens (tertiary/aromatic N) is 1. The molecule has 2 amide bonds. The number of carbonyl (C=O) groups is 3. The highest BCUT2D eigenvalue weighted by atomic mass is 16.6. The predicted octanol–water partition coefficient (Wildman–Crippen LogP) is 1.85. The number of rotatable bonds is 4. The molecule has 7 nitrogen and oxygen atoms in total. The number of carbonyl (C=O) groups excluding carboxylic acids is 3. The van der Waals surface area contributed by atoms with Crippen LogP contribution in [0.15, 0.2) is 0 Å². The smallest absolute Gasteiger partial charge is 0.408 e. The van der Waals surface area contributed by atoms with E-state index in [9.17, 15) is 14.4 Å². The molecule has 7 heteroatoms. The third-order valence-corrected chi connectivity index (χ3v) is 3.35. The number of likely N-dealkylation sites (tertiary alicyclic amines) is 1. The van der Waals surface area contributed by atoms with Gasteiger partial charge >= 0.3 is 12.1 Å². The lowest BCUT2D eigenvalue weighted by molar-refractivity contribution is -0.158. The van der Waals surface area contributed by atoms with Gasteiger partial charge in [0, 0.05) is 13.1 Å². The average Bonchev–Trinajstić information content (AvgIpc) is 2.71. The summed E-state index contributed by atoms with van der Waals surface area (Å²) >= 11 is 0. The van der Waals surface area contributed by atoms with Crippen LogP contribution < -0.4 is 5.32 Å². The monoisotopic (exact) mass is 328 g/mol. The van der Waals surface area contributed by atoms with Crippen molar-refractivity contribution in [1.29, 1.82) is 0 Å². The zero-order chi connectivity index (χ0) is 17.5. The molecule has 23 heavy (non-hydrogen) atoms. The fourth-order valence-corrected chi connectivity index (χ4v) is 2.30. The summed E-state index contributed by atoms with van der Waals surface area (Å²) in [7, 11) is 0. The molecule has 0 bridgehead atoms. The van der Waals surface area contributed by atoms with Crippen LogP contribution in [-0.4, -0.2) is 54.2 Å². The zero-order valence-corrected chi connectivity index (χ0v) is 14.5. The Labute approximate surface area is 137 Å². The van der Waals surface area contributed by atoms with Gasteiger partial charge in [-0.05, 0) is 40.5 Å². The van der Waals surface area contributed by atoms with Crippen molar-refractivity contribution in [3.8, 4) is 0 Å². The molecule has 1 N–H and O–H groups in total. The normalized spacial score (nSPS) is 17.0. The van der Waals surface area contributed by atoms with Crippen LogP contribution in [-0.2, 0) is 19.1 Å². The summed E-state index contributed by atoms with van der Waals surface area (Å²) in [5.74, 6) is -0.843. The minimum absolute atomic E-state index is 0.183. The molecule has 1 saturated heterocycles. The van der Waals surface area contributed by atoms with Crippen molar-refractivity contribution in [2.45, 2.75) is 65.1 Å². The van der Waals surface area contributed by atoms with Crippen molar-refractivity contribution in [3.05, 3.63) is 0 Å². The molecule has 132 valence electrons. The van der Waals surface area contributed by atoms with Gasteiger partial charge in [-0.3, -0.25) is 9.59 Å². The van der Waals surface area contributed by atoms with Crippen LogP contribution in [0.2, 0.25) is 0 Å². The number of ether oxygens (including phenoxy) is 2. The third-order valence-electron chi connectivity index (χ3n) is 3.35. The second kappa shape index (κ2) is 8.74. The number of hydrogen-bond acceptors (Lipinski definition) is 5. The fourth-order valence-electron chi connectivity index (χ4n) is 2.30. The van der Waals surface area contributed by atoms with Gasteiger partial charge in [0.05, 0.1) is 0 Å². The summed E-state index contributed by atoms with van der Waals surface area (Å²) in [5, 5.41) is 2.31. The van der Waals surface area contributed by atoms with E-state index in [2.05, 4.69) is 5.32 Å². The Morgan fingerprint density at radius 3 is 2.17 bits per heavy atom. The maximum atomic E-state index is 12.2. The number of esters is 1. The van der Waals surface area contributed by atoms with Crippen molar-refractivity contribution in [2.24, 2.45) is 0 Å². The summed E-state index contributed by atoms with van der Waals surface area (Å²) in [4.78, 5) is 37.2. The Kier molecular flexibility index (Phi) is 7.32. The van der Waals surface area contributed by atoms with E-state index in [0.29, 0.717) is 13.1 Å². The van der Waals surface area contributed by atoms with Gasteiger partial charge in [-0.1, -0.05) is 12.8 Å². The first-order valence-corrected chi connectivity index (χ1v) is 8.14. The van der Waals surface area contributed by atoms with E-state index < -0.39 is 23.8 Å². The van der Waals surface area contributed by atoms with E-state index >= 15 is 0 Å². The molecule has 1 aliphatic rings. The van der Waals surface area contributed by atoms with E-state index in [1.54, 1.807) is 32.6 Å². The number of amides is 2. The van der Waals surface area contributed by atoms with Crippen LogP contribution in [0.25, 0.3) is 0 Å². The maximum Gasteiger partial charge on any atom is 0.408 e. The van der Waals surface area contributed by atoms with Gasteiger partial charge in [0.25, 0.3) is 5.91 Å². The molecule has 0 unspecified atom stereocenters. The van der Waals surface area contributed by atoms with Gasteiger partial charge < -0.3 is 19.7 Å². The molecular formula is C16H28N2O5. The second-order valence-electron chi connectivity index (χ2n) is 6.73. The highest BCUT2D eigenvalue weighted by Crippen LogP contribution is 2.11.